The molecule has 0 atom stereocenters. The van der Waals surface area contributed by atoms with Gasteiger partial charge in [-0.15, -0.1) is 11.3 Å². The van der Waals surface area contributed by atoms with E-state index in [-0.39, 0.29) is 0 Å². The van der Waals surface area contributed by atoms with Gasteiger partial charge in [-0.1, -0.05) is 133 Å². The minimum atomic E-state index is 0.913. The Morgan fingerprint density at radius 1 is 0.320 bits per heavy atom. The SMILES string of the molecule is c1ccc(-c2cccc(-c3c4ccccc4c(-c4ccc5oc6c(ccc7c6ccc6c8ccccc8sc67)c5c4)c4ccccc34)c2)cc1. The average molecular weight is 653 g/mol. The molecule has 11 rings (SSSR count). The van der Waals surface area contributed by atoms with Crippen LogP contribution in [0, 0.1) is 0 Å². The molecule has 0 fully saturated rings. The molecule has 50 heavy (non-hydrogen) atoms. The van der Waals surface area contributed by atoms with Crippen molar-refractivity contribution in [2.24, 2.45) is 0 Å². The van der Waals surface area contributed by atoms with Gasteiger partial charge in [-0.3, -0.25) is 0 Å². The van der Waals surface area contributed by atoms with Crippen LogP contribution in [0.15, 0.2) is 174 Å². The van der Waals surface area contributed by atoms with Crippen molar-refractivity contribution >= 4 is 85.8 Å². The van der Waals surface area contributed by atoms with Gasteiger partial charge in [-0.2, -0.15) is 0 Å². The molecule has 0 unspecified atom stereocenters. The standard InChI is InChI=1S/C48H28OS/c1-2-11-29(12-3-1)30-13-10-14-31(27-30)45-34-16-4-6-18-36(34)46(37-19-7-5-17-35(37)45)32-21-26-43-42(28-32)39-23-25-41-38(47(39)49-43)22-24-40-33-15-8-9-20-44(33)50-48(40)41/h1-28H. The second kappa shape index (κ2) is 10.6. The molecule has 0 amide bonds. The number of rotatable bonds is 3. The Morgan fingerprint density at radius 2 is 0.840 bits per heavy atom. The molecule has 0 bridgehead atoms. The topological polar surface area (TPSA) is 13.1 Å². The van der Waals surface area contributed by atoms with Crippen molar-refractivity contribution in [2.75, 3.05) is 0 Å². The van der Waals surface area contributed by atoms with Crippen molar-refractivity contribution in [3.63, 3.8) is 0 Å². The van der Waals surface area contributed by atoms with Crippen LogP contribution in [0.4, 0.5) is 0 Å². The summed E-state index contributed by atoms with van der Waals surface area (Å²) in [4.78, 5) is 0. The quantitative estimate of drug-likeness (QED) is 0.173. The maximum atomic E-state index is 6.68. The minimum absolute atomic E-state index is 0.913. The van der Waals surface area contributed by atoms with Crippen molar-refractivity contribution in [3.05, 3.63) is 170 Å². The summed E-state index contributed by atoms with van der Waals surface area (Å²) < 4.78 is 9.32. The fourth-order valence-electron chi connectivity index (χ4n) is 8.21. The number of hydrogen-bond donors (Lipinski definition) is 0. The number of benzene rings is 9. The van der Waals surface area contributed by atoms with Crippen LogP contribution in [-0.4, -0.2) is 0 Å². The summed E-state index contributed by atoms with van der Waals surface area (Å²) in [7, 11) is 0. The van der Waals surface area contributed by atoms with Crippen molar-refractivity contribution in [2.45, 2.75) is 0 Å². The minimum Gasteiger partial charge on any atom is -0.455 e. The Balaban J connectivity index is 1.15. The van der Waals surface area contributed by atoms with Crippen LogP contribution >= 0.6 is 11.3 Å². The van der Waals surface area contributed by atoms with Crippen molar-refractivity contribution < 1.29 is 4.42 Å². The van der Waals surface area contributed by atoms with E-state index in [9.17, 15) is 0 Å². The van der Waals surface area contributed by atoms with E-state index in [2.05, 4.69) is 170 Å². The number of fused-ring (bicyclic) bond motifs is 11. The lowest BCUT2D eigenvalue weighted by Crippen LogP contribution is -1.91. The Morgan fingerprint density at radius 3 is 1.54 bits per heavy atom. The molecule has 0 aliphatic rings. The normalized spacial score (nSPS) is 12.0. The van der Waals surface area contributed by atoms with Gasteiger partial charge in [0.1, 0.15) is 11.2 Å². The van der Waals surface area contributed by atoms with Gasteiger partial charge < -0.3 is 4.42 Å². The maximum absolute atomic E-state index is 6.68. The van der Waals surface area contributed by atoms with Gasteiger partial charge in [0.25, 0.3) is 0 Å². The predicted molar refractivity (Wildman–Crippen MR) is 215 cm³/mol. The fourth-order valence-corrected chi connectivity index (χ4v) is 9.44. The molecule has 0 saturated carbocycles. The van der Waals surface area contributed by atoms with Crippen LogP contribution in [0.3, 0.4) is 0 Å². The average Bonchev–Trinajstić information content (AvgIpc) is 3.76. The van der Waals surface area contributed by atoms with Gasteiger partial charge >= 0.3 is 0 Å². The predicted octanol–water partition coefficient (Wildman–Crippen LogP) is 14.4. The van der Waals surface area contributed by atoms with E-state index in [4.69, 9.17) is 4.42 Å². The first-order valence-corrected chi connectivity index (χ1v) is 17.9. The highest BCUT2D eigenvalue weighted by Gasteiger charge is 2.19. The highest BCUT2D eigenvalue weighted by atomic mass is 32.1. The molecule has 1 nitrogen and oxygen atoms in total. The Labute approximate surface area is 292 Å². The van der Waals surface area contributed by atoms with Crippen LogP contribution in [0.1, 0.15) is 0 Å². The summed E-state index contributed by atoms with van der Waals surface area (Å²) in [6.45, 7) is 0. The van der Waals surface area contributed by atoms with Crippen molar-refractivity contribution in [1.29, 1.82) is 0 Å². The molecule has 0 aliphatic heterocycles. The lowest BCUT2D eigenvalue weighted by atomic mass is 9.85. The number of thiophene rings is 1. The second-order valence-corrected chi connectivity index (χ2v) is 14.2. The first-order valence-electron chi connectivity index (χ1n) is 17.1. The molecule has 2 heteroatoms. The monoisotopic (exact) mass is 652 g/mol. The zero-order valence-corrected chi connectivity index (χ0v) is 27.8. The Hall–Kier alpha value is -6.22. The maximum Gasteiger partial charge on any atom is 0.143 e. The van der Waals surface area contributed by atoms with E-state index in [1.807, 2.05) is 11.3 Å². The van der Waals surface area contributed by atoms with E-state index in [1.54, 1.807) is 0 Å². The number of hydrogen-bond acceptors (Lipinski definition) is 2. The highest BCUT2D eigenvalue weighted by molar-refractivity contribution is 7.26. The van der Waals surface area contributed by atoms with E-state index >= 15 is 0 Å². The van der Waals surface area contributed by atoms with Gasteiger partial charge in [0.15, 0.2) is 0 Å². The summed E-state index contributed by atoms with van der Waals surface area (Å²) >= 11 is 1.87. The van der Waals surface area contributed by atoms with Gasteiger partial charge in [0, 0.05) is 41.7 Å². The molecule has 11 aromatic rings. The van der Waals surface area contributed by atoms with Crippen LogP contribution in [0.5, 0.6) is 0 Å². The van der Waals surface area contributed by atoms with E-state index in [0.29, 0.717) is 0 Å². The van der Waals surface area contributed by atoms with Crippen LogP contribution in [0.25, 0.3) is 108 Å². The summed E-state index contributed by atoms with van der Waals surface area (Å²) in [5.41, 5.74) is 9.25. The molecule has 9 aromatic carbocycles. The second-order valence-electron chi connectivity index (χ2n) is 13.2. The smallest absolute Gasteiger partial charge is 0.143 e. The molecule has 0 spiro atoms. The largest absolute Gasteiger partial charge is 0.455 e. The summed E-state index contributed by atoms with van der Waals surface area (Å²) in [5, 5.41) is 12.3. The third-order valence-corrected chi connectivity index (χ3v) is 11.7. The molecule has 0 radical (unpaired) electrons. The van der Waals surface area contributed by atoms with E-state index in [1.165, 1.54) is 80.5 Å². The van der Waals surface area contributed by atoms with E-state index < -0.39 is 0 Å². The summed E-state index contributed by atoms with van der Waals surface area (Å²) in [6.07, 6.45) is 0. The summed E-state index contributed by atoms with van der Waals surface area (Å²) in [6, 6.07) is 61.9. The van der Waals surface area contributed by atoms with Gasteiger partial charge in [0.05, 0.1) is 0 Å². The Bertz CT molecular complexity index is 3090. The van der Waals surface area contributed by atoms with Gasteiger partial charge in [-0.05, 0) is 91.3 Å². The molecule has 0 aliphatic carbocycles. The highest BCUT2D eigenvalue weighted by Crippen LogP contribution is 2.46. The molecular formula is C48H28OS. The van der Waals surface area contributed by atoms with Gasteiger partial charge in [0.2, 0.25) is 0 Å². The molecule has 0 N–H and O–H groups in total. The van der Waals surface area contributed by atoms with Crippen molar-refractivity contribution in [1.82, 2.24) is 0 Å². The van der Waals surface area contributed by atoms with Crippen LogP contribution in [0.2, 0.25) is 0 Å². The number of furan rings is 1. The van der Waals surface area contributed by atoms with Crippen LogP contribution < -0.4 is 0 Å². The molecule has 2 aromatic heterocycles. The molecule has 0 saturated heterocycles. The van der Waals surface area contributed by atoms with Gasteiger partial charge in [-0.25, -0.2) is 0 Å². The molecule has 232 valence electrons. The van der Waals surface area contributed by atoms with E-state index in [0.717, 1.165) is 27.3 Å². The third kappa shape index (κ3) is 4.00. The zero-order valence-electron chi connectivity index (χ0n) is 27.0. The fraction of sp³-hybridized carbons (Fsp3) is 0. The zero-order chi connectivity index (χ0) is 32.8. The van der Waals surface area contributed by atoms with Crippen molar-refractivity contribution in [3.8, 4) is 33.4 Å². The third-order valence-electron chi connectivity index (χ3n) is 10.5. The first-order chi connectivity index (χ1) is 24.8. The lowest BCUT2D eigenvalue weighted by Gasteiger charge is -2.18. The Kier molecular flexibility index (Phi) is 5.89. The van der Waals surface area contributed by atoms with Crippen LogP contribution in [-0.2, 0) is 0 Å². The lowest BCUT2D eigenvalue weighted by molar-refractivity contribution is 0.673. The summed E-state index contributed by atoms with van der Waals surface area (Å²) in [5.74, 6) is 0. The molecular weight excluding hydrogens is 625 g/mol. The first kappa shape index (κ1) is 27.7. The molecule has 2 heterocycles.